The van der Waals surface area contributed by atoms with Crippen molar-refractivity contribution in [2.45, 2.75) is 44.6 Å². The third-order valence-corrected chi connectivity index (χ3v) is 5.42. The van der Waals surface area contributed by atoms with Gasteiger partial charge in [0, 0.05) is 13.8 Å². The minimum atomic E-state index is -4.03. The molecule has 3 atom stereocenters. The van der Waals surface area contributed by atoms with Crippen LogP contribution in [0, 0.1) is 0 Å². The highest BCUT2D eigenvalue weighted by molar-refractivity contribution is 7.86. The molecule has 1 heterocycles. The average Bonchev–Trinajstić information content (AvgIpc) is 2.95. The molecule has 1 aromatic carbocycles. The van der Waals surface area contributed by atoms with Crippen molar-refractivity contribution < 1.29 is 53.7 Å². The van der Waals surface area contributed by atoms with E-state index < -0.39 is 69.5 Å². The van der Waals surface area contributed by atoms with E-state index in [4.69, 9.17) is 27.3 Å². The van der Waals surface area contributed by atoms with Crippen molar-refractivity contribution in [3.63, 3.8) is 0 Å². The molecule has 0 spiro atoms. The second kappa shape index (κ2) is 10.9. The van der Waals surface area contributed by atoms with Crippen LogP contribution in [0.4, 0.5) is 0 Å². The number of hydrogen-bond donors (Lipinski definition) is 0. The molecule has 186 valence electrons. The van der Waals surface area contributed by atoms with E-state index in [1.54, 1.807) is 30.3 Å². The van der Waals surface area contributed by atoms with Gasteiger partial charge < -0.3 is 18.9 Å². The Morgan fingerprint density at radius 2 is 1.42 bits per heavy atom. The third kappa shape index (κ3) is 8.64. The van der Waals surface area contributed by atoms with E-state index in [9.17, 15) is 26.4 Å². The zero-order chi connectivity index (χ0) is 24.9. The van der Waals surface area contributed by atoms with Gasteiger partial charge in [-0.15, -0.1) is 0 Å². The van der Waals surface area contributed by atoms with Crippen LogP contribution < -0.4 is 0 Å². The molecule has 2 unspecified atom stereocenters. The standard InChI is InChI=1S/C19H26O12S2/c1-13(20)29-16-17(26-10-15-8-6-5-7-9-15)19(11-27-32(3,22)23,12-28-33(4,24)25)31-18(16)30-14(2)21/h5-9,16-18H,10-12H2,1-4H3/t16?,17-,18?/m1/s1. The topological polar surface area (TPSA) is 158 Å². The van der Waals surface area contributed by atoms with E-state index in [1.165, 1.54) is 0 Å². The summed E-state index contributed by atoms with van der Waals surface area (Å²) in [6, 6.07) is 8.76. The van der Waals surface area contributed by atoms with Gasteiger partial charge >= 0.3 is 11.9 Å². The molecular weight excluding hydrogens is 484 g/mol. The van der Waals surface area contributed by atoms with Gasteiger partial charge in [0.05, 0.1) is 19.1 Å². The molecule has 1 aliphatic heterocycles. The van der Waals surface area contributed by atoms with Crippen molar-refractivity contribution >= 4 is 32.2 Å². The zero-order valence-corrected chi connectivity index (χ0v) is 20.1. The minimum absolute atomic E-state index is 0.0705. The van der Waals surface area contributed by atoms with Crippen molar-refractivity contribution in [2.75, 3.05) is 25.7 Å². The van der Waals surface area contributed by atoms with Gasteiger partial charge in [-0.05, 0) is 5.56 Å². The first kappa shape index (κ1) is 27.1. The fourth-order valence-electron chi connectivity index (χ4n) is 3.07. The zero-order valence-electron chi connectivity index (χ0n) is 18.5. The van der Waals surface area contributed by atoms with Crippen LogP contribution in [0.3, 0.4) is 0 Å². The number of carbonyl (C=O) groups excluding carboxylic acids is 2. The number of esters is 2. The van der Waals surface area contributed by atoms with E-state index in [-0.39, 0.29) is 6.61 Å². The summed E-state index contributed by atoms with van der Waals surface area (Å²) in [4.78, 5) is 23.4. The molecule has 1 aliphatic rings. The molecule has 14 heteroatoms. The first-order valence-electron chi connectivity index (χ1n) is 9.57. The van der Waals surface area contributed by atoms with E-state index in [0.29, 0.717) is 5.56 Å². The van der Waals surface area contributed by atoms with E-state index in [0.717, 1.165) is 26.4 Å². The maximum Gasteiger partial charge on any atom is 0.305 e. The summed E-state index contributed by atoms with van der Waals surface area (Å²) in [5.41, 5.74) is -1.27. The van der Waals surface area contributed by atoms with Crippen LogP contribution in [0.15, 0.2) is 30.3 Å². The van der Waals surface area contributed by atoms with Crippen LogP contribution in [-0.4, -0.2) is 78.6 Å². The quantitative estimate of drug-likeness (QED) is 0.293. The summed E-state index contributed by atoms with van der Waals surface area (Å²) in [5.74, 6) is -1.58. The average molecular weight is 511 g/mol. The Balaban J connectivity index is 2.50. The monoisotopic (exact) mass is 510 g/mol. The minimum Gasteiger partial charge on any atom is -0.453 e. The predicted molar refractivity (Wildman–Crippen MR) is 112 cm³/mol. The highest BCUT2D eigenvalue weighted by Crippen LogP contribution is 2.38. The molecule has 1 saturated heterocycles. The Hall–Kier alpha value is -2.10. The van der Waals surface area contributed by atoms with E-state index in [1.807, 2.05) is 0 Å². The Kier molecular flexibility index (Phi) is 8.95. The van der Waals surface area contributed by atoms with Gasteiger partial charge in [-0.1, -0.05) is 30.3 Å². The second-order valence-corrected chi connectivity index (χ2v) is 10.7. The first-order valence-corrected chi connectivity index (χ1v) is 13.2. The number of benzene rings is 1. The highest BCUT2D eigenvalue weighted by atomic mass is 32.2. The Morgan fingerprint density at radius 3 is 1.88 bits per heavy atom. The van der Waals surface area contributed by atoms with Crippen LogP contribution in [0.25, 0.3) is 0 Å². The maximum absolute atomic E-state index is 11.8. The van der Waals surface area contributed by atoms with Crippen LogP contribution in [0.2, 0.25) is 0 Å². The number of carbonyl (C=O) groups is 2. The molecule has 0 N–H and O–H groups in total. The van der Waals surface area contributed by atoms with Crippen LogP contribution >= 0.6 is 0 Å². The molecular formula is C19H26O12S2. The lowest BCUT2D eigenvalue weighted by molar-refractivity contribution is -0.211. The van der Waals surface area contributed by atoms with Gasteiger partial charge in [-0.25, -0.2) is 0 Å². The fourth-order valence-corrected chi connectivity index (χ4v) is 3.89. The lowest BCUT2D eigenvalue weighted by Gasteiger charge is -2.33. The van der Waals surface area contributed by atoms with Crippen molar-refractivity contribution in [1.82, 2.24) is 0 Å². The number of rotatable bonds is 11. The van der Waals surface area contributed by atoms with Crippen molar-refractivity contribution in [3.05, 3.63) is 35.9 Å². The Morgan fingerprint density at radius 1 is 0.909 bits per heavy atom. The van der Waals surface area contributed by atoms with Gasteiger partial charge in [-0.3, -0.25) is 18.0 Å². The summed E-state index contributed by atoms with van der Waals surface area (Å²) in [6.45, 7) is 0.540. The molecule has 0 radical (unpaired) electrons. The van der Waals surface area contributed by atoms with Gasteiger partial charge in [-0.2, -0.15) is 16.8 Å². The van der Waals surface area contributed by atoms with Crippen molar-refractivity contribution in [1.29, 1.82) is 0 Å². The Labute approximate surface area is 192 Å². The van der Waals surface area contributed by atoms with Crippen LogP contribution in [-0.2, 0) is 63.7 Å². The fraction of sp³-hybridized carbons (Fsp3) is 0.579. The smallest absolute Gasteiger partial charge is 0.305 e. The van der Waals surface area contributed by atoms with Gasteiger partial charge in [0.2, 0.25) is 6.29 Å². The summed E-state index contributed by atoms with van der Waals surface area (Å²) in [6.07, 6.45) is -2.74. The van der Waals surface area contributed by atoms with Crippen LogP contribution in [0.1, 0.15) is 19.4 Å². The third-order valence-electron chi connectivity index (χ3n) is 4.33. The van der Waals surface area contributed by atoms with Gasteiger partial charge in [0.25, 0.3) is 20.2 Å². The molecule has 33 heavy (non-hydrogen) atoms. The molecule has 12 nitrogen and oxygen atoms in total. The van der Waals surface area contributed by atoms with Crippen LogP contribution in [0.5, 0.6) is 0 Å². The molecule has 0 aromatic heterocycles. The van der Waals surface area contributed by atoms with Gasteiger partial charge in [0.15, 0.2) is 11.7 Å². The maximum atomic E-state index is 11.8. The van der Waals surface area contributed by atoms with Gasteiger partial charge in [0.1, 0.15) is 19.3 Å². The summed E-state index contributed by atoms with van der Waals surface area (Å²) < 4.78 is 78.5. The number of hydrogen-bond acceptors (Lipinski definition) is 12. The summed E-state index contributed by atoms with van der Waals surface area (Å²) >= 11 is 0. The Bertz CT molecular complexity index is 1000. The van der Waals surface area contributed by atoms with Crippen molar-refractivity contribution in [2.24, 2.45) is 0 Å². The molecule has 2 rings (SSSR count). The predicted octanol–water partition coefficient (Wildman–Crippen LogP) is 0.114. The molecule has 1 fully saturated rings. The molecule has 0 aliphatic carbocycles. The van der Waals surface area contributed by atoms with E-state index >= 15 is 0 Å². The summed E-state index contributed by atoms with van der Waals surface area (Å²) in [7, 11) is -8.06. The van der Waals surface area contributed by atoms with Crippen molar-refractivity contribution in [3.8, 4) is 0 Å². The lowest BCUT2D eigenvalue weighted by Crippen LogP contribution is -2.53. The number of ether oxygens (including phenoxy) is 4. The molecule has 1 aromatic rings. The molecule has 0 bridgehead atoms. The van der Waals surface area contributed by atoms with E-state index in [2.05, 4.69) is 0 Å². The normalized spacial score (nSPS) is 22.6. The SMILES string of the molecule is CC(=O)OC1OC(COS(C)(=O)=O)(COS(C)(=O)=O)[C@H](OCc2ccccc2)C1OC(C)=O. The molecule has 0 saturated carbocycles. The largest absolute Gasteiger partial charge is 0.453 e. The highest BCUT2D eigenvalue weighted by Gasteiger charge is 2.60. The summed E-state index contributed by atoms with van der Waals surface area (Å²) in [5, 5.41) is 0. The molecule has 0 amide bonds. The first-order chi connectivity index (χ1) is 15.2. The lowest BCUT2D eigenvalue weighted by atomic mass is 9.96. The second-order valence-electron chi connectivity index (χ2n) is 7.38.